The summed E-state index contributed by atoms with van der Waals surface area (Å²) >= 11 is 0. The molecule has 1 atom stereocenters. The predicted molar refractivity (Wildman–Crippen MR) is 82.2 cm³/mol. The largest absolute Gasteiger partial charge is 0.310 e. The fourth-order valence-electron chi connectivity index (χ4n) is 2.16. The SMILES string of the molecule is C=C(C(C)C=CC)N(CC)N(CCCC)C(C)C. The van der Waals surface area contributed by atoms with Gasteiger partial charge in [0.05, 0.1) is 0 Å². The van der Waals surface area contributed by atoms with E-state index in [0.717, 1.165) is 13.1 Å². The maximum atomic E-state index is 4.29. The zero-order chi connectivity index (χ0) is 14.1. The number of hydrogen-bond acceptors (Lipinski definition) is 2. The second-order valence-electron chi connectivity index (χ2n) is 5.13. The van der Waals surface area contributed by atoms with Crippen LogP contribution in [0.5, 0.6) is 0 Å². The highest BCUT2D eigenvalue weighted by molar-refractivity contribution is 5.06. The number of rotatable bonds is 9. The molecule has 0 saturated heterocycles. The molecule has 2 nitrogen and oxygen atoms in total. The molecule has 0 aromatic carbocycles. The lowest BCUT2D eigenvalue weighted by Crippen LogP contribution is -2.47. The van der Waals surface area contributed by atoms with Gasteiger partial charge in [0.15, 0.2) is 0 Å². The number of hydrazine groups is 1. The van der Waals surface area contributed by atoms with Crippen molar-refractivity contribution in [1.29, 1.82) is 0 Å². The molecule has 106 valence electrons. The molecule has 0 fully saturated rings. The van der Waals surface area contributed by atoms with E-state index in [-0.39, 0.29) is 0 Å². The van der Waals surface area contributed by atoms with E-state index in [9.17, 15) is 0 Å². The molecule has 0 saturated carbocycles. The van der Waals surface area contributed by atoms with Crippen LogP contribution in [0.1, 0.15) is 54.4 Å². The van der Waals surface area contributed by atoms with Crippen LogP contribution in [0, 0.1) is 5.92 Å². The third kappa shape index (κ3) is 5.26. The topological polar surface area (TPSA) is 6.48 Å². The van der Waals surface area contributed by atoms with Gasteiger partial charge in [0.2, 0.25) is 0 Å². The molecule has 0 bridgehead atoms. The lowest BCUT2D eigenvalue weighted by atomic mass is 10.1. The maximum Gasteiger partial charge on any atom is 0.0315 e. The average molecular weight is 252 g/mol. The van der Waals surface area contributed by atoms with E-state index >= 15 is 0 Å². The Kier molecular flexibility index (Phi) is 8.82. The second kappa shape index (κ2) is 9.21. The third-order valence-electron chi connectivity index (χ3n) is 3.28. The van der Waals surface area contributed by atoms with E-state index < -0.39 is 0 Å². The van der Waals surface area contributed by atoms with Gasteiger partial charge in [-0.1, -0.05) is 39.0 Å². The highest BCUT2D eigenvalue weighted by atomic mass is 15.6. The van der Waals surface area contributed by atoms with Crippen LogP contribution >= 0.6 is 0 Å². The first-order chi connectivity index (χ1) is 8.49. The minimum atomic E-state index is 0.401. The number of allylic oxidation sites excluding steroid dienone is 2. The van der Waals surface area contributed by atoms with Gasteiger partial charge in [-0.15, -0.1) is 0 Å². The van der Waals surface area contributed by atoms with Gasteiger partial charge in [-0.3, -0.25) is 0 Å². The molecular weight excluding hydrogens is 220 g/mol. The van der Waals surface area contributed by atoms with Gasteiger partial charge in [0.1, 0.15) is 0 Å². The molecule has 0 aromatic heterocycles. The van der Waals surface area contributed by atoms with Crippen molar-refractivity contribution < 1.29 is 0 Å². The third-order valence-corrected chi connectivity index (χ3v) is 3.28. The number of nitrogens with zero attached hydrogens (tertiary/aromatic N) is 2. The fourth-order valence-corrected chi connectivity index (χ4v) is 2.16. The molecular formula is C16H32N2. The normalized spacial score (nSPS) is 13.6. The van der Waals surface area contributed by atoms with E-state index in [1.54, 1.807) is 0 Å². The van der Waals surface area contributed by atoms with Gasteiger partial charge >= 0.3 is 0 Å². The Labute approximate surface area is 114 Å². The molecule has 0 aliphatic rings. The number of hydrogen-bond donors (Lipinski definition) is 0. The minimum Gasteiger partial charge on any atom is -0.310 e. The van der Waals surface area contributed by atoms with Crippen molar-refractivity contribution in [1.82, 2.24) is 10.0 Å². The summed E-state index contributed by atoms with van der Waals surface area (Å²) in [5.41, 5.74) is 1.19. The zero-order valence-corrected chi connectivity index (χ0v) is 13.2. The minimum absolute atomic E-state index is 0.401. The van der Waals surface area contributed by atoms with Gasteiger partial charge in [0, 0.05) is 30.7 Å². The summed E-state index contributed by atoms with van der Waals surface area (Å²) in [4.78, 5) is 0. The van der Waals surface area contributed by atoms with Crippen molar-refractivity contribution in [2.45, 2.75) is 60.4 Å². The Hall–Kier alpha value is -0.760. The second-order valence-corrected chi connectivity index (χ2v) is 5.13. The molecule has 0 spiro atoms. The molecule has 0 radical (unpaired) electrons. The smallest absolute Gasteiger partial charge is 0.0315 e. The first-order valence-electron chi connectivity index (χ1n) is 7.35. The van der Waals surface area contributed by atoms with Gasteiger partial charge in [-0.25, -0.2) is 5.01 Å². The average Bonchev–Trinajstić information content (AvgIpc) is 2.33. The van der Waals surface area contributed by atoms with Gasteiger partial charge in [0.25, 0.3) is 0 Å². The van der Waals surface area contributed by atoms with Crippen LogP contribution in [0.4, 0.5) is 0 Å². The zero-order valence-electron chi connectivity index (χ0n) is 13.2. The number of unbranched alkanes of at least 4 members (excludes halogenated alkanes) is 1. The Morgan fingerprint density at radius 3 is 2.22 bits per heavy atom. The van der Waals surface area contributed by atoms with E-state index in [1.807, 2.05) is 0 Å². The van der Waals surface area contributed by atoms with E-state index in [0.29, 0.717) is 12.0 Å². The molecule has 0 N–H and O–H groups in total. The quantitative estimate of drug-likeness (QED) is 0.441. The lowest BCUT2D eigenvalue weighted by molar-refractivity contribution is -0.0230. The summed E-state index contributed by atoms with van der Waals surface area (Å²) in [7, 11) is 0. The Bertz CT molecular complexity index is 256. The van der Waals surface area contributed by atoms with Crippen LogP contribution in [-0.4, -0.2) is 29.1 Å². The molecule has 18 heavy (non-hydrogen) atoms. The monoisotopic (exact) mass is 252 g/mol. The maximum absolute atomic E-state index is 4.29. The predicted octanol–water partition coefficient (Wildman–Crippen LogP) is 4.46. The van der Waals surface area contributed by atoms with Crippen molar-refractivity contribution in [2.24, 2.45) is 5.92 Å². The Morgan fingerprint density at radius 2 is 1.83 bits per heavy atom. The Balaban J connectivity index is 4.82. The van der Waals surface area contributed by atoms with Gasteiger partial charge in [-0.2, -0.15) is 0 Å². The summed E-state index contributed by atoms with van der Waals surface area (Å²) in [6, 6.07) is 0.519. The summed E-state index contributed by atoms with van der Waals surface area (Å²) in [5, 5.41) is 4.80. The van der Waals surface area contributed by atoms with E-state index in [2.05, 4.69) is 70.3 Å². The lowest BCUT2D eigenvalue weighted by Gasteiger charge is -2.41. The molecule has 0 amide bonds. The fraction of sp³-hybridized carbons (Fsp3) is 0.750. The van der Waals surface area contributed by atoms with Crippen molar-refractivity contribution in [3.63, 3.8) is 0 Å². The first kappa shape index (κ1) is 17.2. The van der Waals surface area contributed by atoms with E-state index in [1.165, 1.54) is 18.5 Å². The molecule has 0 heterocycles. The standard InChI is InChI=1S/C16H32N2/c1-8-11-13-18(14(4)5)17(10-3)16(7)15(6)12-9-2/h9,12,14-15H,7-8,10-11,13H2,1-6H3. The van der Waals surface area contributed by atoms with Gasteiger partial charge in [-0.05, 0) is 34.1 Å². The molecule has 0 aliphatic heterocycles. The van der Waals surface area contributed by atoms with Crippen LogP contribution in [0.2, 0.25) is 0 Å². The molecule has 2 heteroatoms. The Morgan fingerprint density at radius 1 is 1.22 bits per heavy atom. The van der Waals surface area contributed by atoms with Crippen LogP contribution in [-0.2, 0) is 0 Å². The van der Waals surface area contributed by atoms with Crippen LogP contribution < -0.4 is 0 Å². The van der Waals surface area contributed by atoms with Crippen molar-refractivity contribution >= 4 is 0 Å². The highest BCUT2D eigenvalue weighted by Crippen LogP contribution is 2.19. The molecule has 0 rings (SSSR count). The van der Waals surface area contributed by atoms with Gasteiger partial charge < -0.3 is 5.01 Å². The van der Waals surface area contributed by atoms with Crippen LogP contribution in [0.3, 0.4) is 0 Å². The summed E-state index contributed by atoms with van der Waals surface area (Å²) in [6.45, 7) is 19.6. The first-order valence-corrected chi connectivity index (χ1v) is 7.35. The van der Waals surface area contributed by atoms with Crippen LogP contribution in [0.25, 0.3) is 0 Å². The summed E-state index contributed by atoms with van der Waals surface area (Å²) < 4.78 is 0. The molecule has 0 aromatic rings. The molecule has 1 unspecified atom stereocenters. The van der Waals surface area contributed by atoms with Crippen molar-refractivity contribution in [3.05, 3.63) is 24.4 Å². The van der Waals surface area contributed by atoms with E-state index in [4.69, 9.17) is 0 Å². The molecule has 0 aliphatic carbocycles. The summed E-state index contributed by atoms with van der Waals surface area (Å²) in [5.74, 6) is 0.401. The summed E-state index contributed by atoms with van der Waals surface area (Å²) in [6.07, 6.45) is 6.79. The highest BCUT2D eigenvalue weighted by Gasteiger charge is 2.20. The van der Waals surface area contributed by atoms with Crippen molar-refractivity contribution in [2.75, 3.05) is 13.1 Å². The van der Waals surface area contributed by atoms with Crippen molar-refractivity contribution in [3.8, 4) is 0 Å². The van der Waals surface area contributed by atoms with Crippen LogP contribution in [0.15, 0.2) is 24.4 Å².